The SMILES string of the molecule is CCn1nc(C)c(N)c1NCCSCCCO. The second-order valence-electron chi connectivity index (χ2n) is 3.78. The lowest BCUT2D eigenvalue weighted by atomic mass is 10.4. The summed E-state index contributed by atoms with van der Waals surface area (Å²) in [5.74, 6) is 2.93. The number of aryl methyl sites for hydroxylation is 2. The molecule has 5 nitrogen and oxygen atoms in total. The maximum absolute atomic E-state index is 8.65. The van der Waals surface area contributed by atoms with E-state index in [2.05, 4.69) is 10.4 Å². The van der Waals surface area contributed by atoms with Gasteiger partial charge in [0.05, 0.1) is 11.4 Å². The Labute approximate surface area is 107 Å². The molecule has 0 spiro atoms. The normalized spacial score (nSPS) is 10.8. The fourth-order valence-electron chi connectivity index (χ4n) is 1.52. The molecule has 1 aromatic heterocycles. The maximum Gasteiger partial charge on any atom is 0.148 e. The Morgan fingerprint density at radius 3 is 2.88 bits per heavy atom. The number of aromatic nitrogens is 2. The van der Waals surface area contributed by atoms with E-state index in [0.717, 1.165) is 48.2 Å². The van der Waals surface area contributed by atoms with E-state index < -0.39 is 0 Å². The Morgan fingerprint density at radius 1 is 1.47 bits per heavy atom. The molecule has 0 amide bonds. The van der Waals surface area contributed by atoms with Gasteiger partial charge in [0.1, 0.15) is 5.82 Å². The standard InChI is InChI=1S/C11H22N4OS/c1-3-15-11(10(12)9(2)14-15)13-5-8-17-7-4-6-16/h13,16H,3-8,12H2,1-2H3. The van der Waals surface area contributed by atoms with Gasteiger partial charge in [-0.3, -0.25) is 0 Å². The zero-order chi connectivity index (χ0) is 12.7. The van der Waals surface area contributed by atoms with Crippen LogP contribution in [0.5, 0.6) is 0 Å². The number of rotatable bonds is 8. The van der Waals surface area contributed by atoms with Crippen molar-refractivity contribution in [3.63, 3.8) is 0 Å². The van der Waals surface area contributed by atoms with Gasteiger partial charge in [0.15, 0.2) is 0 Å². The first-order chi connectivity index (χ1) is 8.20. The van der Waals surface area contributed by atoms with Gasteiger partial charge < -0.3 is 16.2 Å². The number of hydrogen-bond donors (Lipinski definition) is 3. The van der Waals surface area contributed by atoms with Crippen LogP contribution in [-0.2, 0) is 6.54 Å². The van der Waals surface area contributed by atoms with Crippen molar-refractivity contribution >= 4 is 23.3 Å². The van der Waals surface area contributed by atoms with E-state index in [1.807, 2.05) is 30.3 Å². The topological polar surface area (TPSA) is 76.1 Å². The van der Waals surface area contributed by atoms with Gasteiger partial charge in [-0.15, -0.1) is 0 Å². The van der Waals surface area contributed by atoms with Gasteiger partial charge in [0.2, 0.25) is 0 Å². The molecular weight excluding hydrogens is 236 g/mol. The average molecular weight is 258 g/mol. The van der Waals surface area contributed by atoms with Gasteiger partial charge >= 0.3 is 0 Å². The van der Waals surface area contributed by atoms with Crippen molar-refractivity contribution < 1.29 is 5.11 Å². The Bertz CT molecular complexity index is 340. The van der Waals surface area contributed by atoms with Crippen LogP contribution in [0.3, 0.4) is 0 Å². The van der Waals surface area contributed by atoms with Crippen LogP contribution in [0.25, 0.3) is 0 Å². The summed E-state index contributed by atoms with van der Waals surface area (Å²) in [5, 5.41) is 16.3. The van der Waals surface area contributed by atoms with Gasteiger partial charge in [-0.2, -0.15) is 16.9 Å². The number of nitrogens with two attached hydrogens (primary N) is 1. The number of nitrogen functional groups attached to an aromatic ring is 1. The molecule has 6 heteroatoms. The zero-order valence-corrected chi connectivity index (χ0v) is 11.4. The molecule has 0 aliphatic rings. The molecule has 0 fully saturated rings. The van der Waals surface area contributed by atoms with Crippen molar-refractivity contribution in [2.45, 2.75) is 26.8 Å². The van der Waals surface area contributed by atoms with E-state index in [1.54, 1.807) is 0 Å². The minimum atomic E-state index is 0.273. The number of anilines is 2. The maximum atomic E-state index is 8.65. The fourth-order valence-corrected chi connectivity index (χ4v) is 2.30. The minimum Gasteiger partial charge on any atom is -0.396 e. The van der Waals surface area contributed by atoms with Crippen molar-refractivity contribution in [2.24, 2.45) is 0 Å². The van der Waals surface area contributed by atoms with Gasteiger partial charge in [0, 0.05) is 25.4 Å². The number of thioether (sulfide) groups is 1. The Balaban J connectivity index is 2.35. The van der Waals surface area contributed by atoms with E-state index in [1.165, 1.54) is 0 Å². The third-order valence-electron chi connectivity index (χ3n) is 2.46. The molecule has 0 aliphatic heterocycles. The molecule has 0 aromatic carbocycles. The first-order valence-corrected chi connectivity index (χ1v) is 7.11. The van der Waals surface area contributed by atoms with Gasteiger partial charge in [-0.05, 0) is 26.0 Å². The zero-order valence-electron chi connectivity index (χ0n) is 10.6. The van der Waals surface area contributed by atoms with Gasteiger partial charge in [-0.1, -0.05) is 0 Å². The highest BCUT2D eigenvalue weighted by Crippen LogP contribution is 2.21. The van der Waals surface area contributed by atoms with Crippen LogP contribution < -0.4 is 11.1 Å². The molecule has 4 N–H and O–H groups in total. The summed E-state index contributed by atoms with van der Waals surface area (Å²) in [5.41, 5.74) is 7.58. The summed E-state index contributed by atoms with van der Waals surface area (Å²) in [4.78, 5) is 0. The molecule has 0 bridgehead atoms. The Kier molecular flexibility index (Phi) is 6.21. The van der Waals surface area contributed by atoms with Crippen LogP contribution in [0.15, 0.2) is 0 Å². The molecule has 1 aromatic rings. The summed E-state index contributed by atoms with van der Waals surface area (Å²) in [6.07, 6.45) is 0.860. The lowest BCUT2D eigenvalue weighted by Crippen LogP contribution is -2.11. The minimum absolute atomic E-state index is 0.273. The van der Waals surface area contributed by atoms with Crippen LogP contribution in [0.1, 0.15) is 19.0 Å². The highest BCUT2D eigenvalue weighted by molar-refractivity contribution is 7.99. The van der Waals surface area contributed by atoms with Crippen LogP contribution in [0, 0.1) is 6.92 Å². The number of aliphatic hydroxyl groups is 1. The first-order valence-electron chi connectivity index (χ1n) is 5.96. The lowest BCUT2D eigenvalue weighted by molar-refractivity contribution is 0.296. The largest absolute Gasteiger partial charge is 0.396 e. The van der Waals surface area contributed by atoms with E-state index in [0.29, 0.717) is 0 Å². The van der Waals surface area contributed by atoms with Crippen LogP contribution in [0.2, 0.25) is 0 Å². The summed E-state index contributed by atoms with van der Waals surface area (Å²) in [6.45, 7) is 5.92. The monoisotopic (exact) mass is 258 g/mol. The fraction of sp³-hybridized carbons (Fsp3) is 0.727. The van der Waals surface area contributed by atoms with Crippen molar-refractivity contribution in [1.82, 2.24) is 9.78 Å². The number of hydrogen-bond acceptors (Lipinski definition) is 5. The van der Waals surface area contributed by atoms with Crippen LogP contribution in [-0.4, -0.2) is 39.5 Å². The number of aliphatic hydroxyl groups excluding tert-OH is 1. The molecule has 0 saturated heterocycles. The second-order valence-corrected chi connectivity index (χ2v) is 5.00. The second kappa shape index (κ2) is 7.45. The highest BCUT2D eigenvalue weighted by atomic mass is 32.2. The van der Waals surface area contributed by atoms with E-state index in [4.69, 9.17) is 10.8 Å². The summed E-state index contributed by atoms with van der Waals surface area (Å²) in [7, 11) is 0. The summed E-state index contributed by atoms with van der Waals surface area (Å²) >= 11 is 1.83. The number of nitrogens with one attached hydrogen (secondary N) is 1. The van der Waals surface area contributed by atoms with Crippen molar-refractivity contribution in [3.8, 4) is 0 Å². The third kappa shape index (κ3) is 4.12. The summed E-state index contributed by atoms with van der Waals surface area (Å²) < 4.78 is 1.89. The van der Waals surface area contributed by atoms with E-state index in [9.17, 15) is 0 Å². The highest BCUT2D eigenvalue weighted by Gasteiger charge is 2.10. The van der Waals surface area contributed by atoms with Crippen molar-refractivity contribution in [2.75, 3.05) is 35.7 Å². The molecule has 17 heavy (non-hydrogen) atoms. The predicted octanol–water partition coefficient (Wildman–Crippen LogP) is 1.32. The van der Waals surface area contributed by atoms with Gasteiger partial charge in [-0.25, -0.2) is 4.68 Å². The van der Waals surface area contributed by atoms with Gasteiger partial charge in [0.25, 0.3) is 0 Å². The molecule has 0 aliphatic carbocycles. The molecule has 0 saturated carbocycles. The Hall–Kier alpha value is -0.880. The lowest BCUT2D eigenvalue weighted by Gasteiger charge is -2.08. The van der Waals surface area contributed by atoms with E-state index >= 15 is 0 Å². The quantitative estimate of drug-likeness (QED) is 0.613. The molecule has 0 unspecified atom stereocenters. The first kappa shape index (κ1) is 14.2. The molecule has 1 heterocycles. The van der Waals surface area contributed by atoms with Crippen molar-refractivity contribution in [1.29, 1.82) is 0 Å². The Morgan fingerprint density at radius 2 is 2.24 bits per heavy atom. The van der Waals surface area contributed by atoms with Crippen molar-refractivity contribution in [3.05, 3.63) is 5.69 Å². The van der Waals surface area contributed by atoms with E-state index in [-0.39, 0.29) is 6.61 Å². The smallest absolute Gasteiger partial charge is 0.148 e. The molecule has 0 radical (unpaired) electrons. The van der Waals surface area contributed by atoms with Crippen LogP contribution in [0.4, 0.5) is 11.5 Å². The number of nitrogens with zero attached hydrogens (tertiary/aromatic N) is 2. The predicted molar refractivity (Wildman–Crippen MR) is 74.6 cm³/mol. The molecule has 1 rings (SSSR count). The van der Waals surface area contributed by atoms with Crippen LogP contribution >= 0.6 is 11.8 Å². The average Bonchev–Trinajstić information content (AvgIpc) is 2.60. The molecule has 0 atom stereocenters. The summed E-state index contributed by atoms with van der Waals surface area (Å²) in [6, 6.07) is 0. The third-order valence-corrected chi connectivity index (χ3v) is 3.53. The molecule has 98 valence electrons. The molecular formula is C11H22N4OS.